The highest BCUT2D eigenvalue weighted by molar-refractivity contribution is 5.09. The van der Waals surface area contributed by atoms with Crippen molar-refractivity contribution in [2.24, 2.45) is 0 Å². The normalized spacial score (nSPS) is 22.1. The molecule has 0 aromatic heterocycles. The van der Waals surface area contributed by atoms with Gasteiger partial charge in [-0.05, 0) is 19.4 Å². The van der Waals surface area contributed by atoms with Crippen molar-refractivity contribution in [3.8, 4) is 0 Å². The molecule has 0 bridgehead atoms. The van der Waals surface area contributed by atoms with Gasteiger partial charge in [-0.25, -0.2) is 0 Å². The summed E-state index contributed by atoms with van der Waals surface area (Å²) in [6.07, 6.45) is 0. The molecule has 2 aliphatic rings. The Bertz CT molecular complexity index is 230. The molecule has 0 aromatic carbocycles. The van der Waals surface area contributed by atoms with Crippen LogP contribution in [0, 0.1) is 0 Å². The highest BCUT2D eigenvalue weighted by Gasteiger charge is 2.21. The largest absolute Gasteiger partial charge is 0.378 e. The number of hydrogen-bond acceptors (Lipinski definition) is 4. The number of nitrogens with zero attached hydrogens (tertiary/aromatic N) is 2. The summed E-state index contributed by atoms with van der Waals surface area (Å²) >= 11 is 0. The van der Waals surface area contributed by atoms with E-state index in [9.17, 15) is 0 Å². The molecule has 0 aromatic rings. The summed E-state index contributed by atoms with van der Waals surface area (Å²) in [5.41, 5.74) is 1.39. The Balaban J connectivity index is 2.06. The molecule has 0 atom stereocenters. The number of ether oxygens (including phenoxy) is 2. The molecule has 0 saturated carbocycles. The molecule has 2 saturated heterocycles. The van der Waals surface area contributed by atoms with E-state index in [-0.39, 0.29) is 0 Å². The standard InChI is InChI=1S/C12H22N2O2/c1-11(2)12(13-3-7-15-8-4-13)14-5-9-16-10-6-14/h3-10H2,1-2H3. The lowest BCUT2D eigenvalue weighted by Crippen LogP contribution is -2.46. The topological polar surface area (TPSA) is 24.9 Å². The van der Waals surface area contributed by atoms with Crippen LogP contribution in [0.4, 0.5) is 0 Å². The van der Waals surface area contributed by atoms with Gasteiger partial charge in [0.15, 0.2) is 0 Å². The maximum Gasteiger partial charge on any atom is 0.103 e. The molecule has 0 spiro atoms. The Morgan fingerprint density at radius 2 is 1.12 bits per heavy atom. The van der Waals surface area contributed by atoms with Gasteiger partial charge in [0.25, 0.3) is 0 Å². The minimum Gasteiger partial charge on any atom is -0.378 e. The van der Waals surface area contributed by atoms with Gasteiger partial charge in [-0.1, -0.05) is 0 Å². The van der Waals surface area contributed by atoms with E-state index < -0.39 is 0 Å². The van der Waals surface area contributed by atoms with E-state index in [0.29, 0.717) is 0 Å². The maximum absolute atomic E-state index is 5.41. The lowest BCUT2D eigenvalue weighted by molar-refractivity contribution is 0.00756. The van der Waals surface area contributed by atoms with Crippen LogP contribution in [0.3, 0.4) is 0 Å². The van der Waals surface area contributed by atoms with Crippen LogP contribution in [0.15, 0.2) is 11.4 Å². The second-order valence-electron chi connectivity index (χ2n) is 4.52. The zero-order chi connectivity index (χ0) is 11.4. The third-order valence-corrected chi connectivity index (χ3v) is 3.07. The van der Waals surface area contributed by atoms with Crippen molar-refractivity contribution in [3.05, 3.63) is 11.4 Å². The molecule has 92 valence electrons. The van der Waals surface area contributed by atoms with Crippen molar-refractivity contribution in [3.63, 3.8) is 0 Å². The van der Waals surface area contributed by atoms with E-state index in [1.165, 1.54) is 11.4 Å². The van der Waals surface area contributed by atoms with Crippen LogP contribution in [-0.2, 0) is 9.47 Å². The Morgan fingerprint density at radius 1 is 0.750 bits per heavy atom. The first-order valence-electron chi connectivity index (χ1n) is 6.12. The van der Waals surface area contributed by atoms with E-state index in [2.05, 4.69) is 23.6 Å². The predicted molar refractivity (Wildman–Crippen MR) is 63.2 cm³/mol. The third kappa shape index (κ3) is 2.68. The minimum atomic E-state index is 0.848. The van der Waals surface area contributed by atoms with Gasteiger partial charge in [-0.3, -0.25) is 0 Å². The van der Waals surface area contributed by atoms with Gasteiger partial charge in [-0.15, -0.1) is 0 Å². The first kappa shape index (κ1) is 11.7. The van der Waals surface area contributed by atoms with E-state index >= 15 is 0 Å². The van der Waals surface area contributed by atoms with Crippen LogP contribution in [0.5, 0.6) is 0 Å². The Hall–Kier alpha value is -0.740. The fraction of sp³-hybridized carbons (Fsp3) is 0.833. The van der Waals surface area contributed by atoms with Gasteiger partial charge in [0.1, 0.15) is 5.82 Å². The van der Waals surface area contributed by atoms with Crippen molar-refractivity contribution in [1.82, 2.24) is 9.80 Å². The molecule has 0 radical (unpaired) electrons. The Kier molecular flexibility index (Phi) is 4.07. The summed E-state index contributed by atoms with van der Waals surface area (Å²) in [5, 5.41) is 0. The van der Waals surface area contributed by atoms with Crippen molar-refractivity contribution >= 4 is 0 Å². The van der Waals surface area contributed by atoms with Crippen LogP contribution in [0.25, 0.3) is 0 Å². The van der Waals surface area contributed by atoms with Crippen molar-refractivity contribution in [2.45, 2.75) is 13.8 Å². The quantitative estimate of drug-likeness (QED) is 0.698. The molecule has 2 aliphatic heterocycles. The third-order valence-electron chi connectivity index (χ3n) is 3.07. The first-order valence-corrected chi connectivity index (χ1v) is 6.12. The van der Waals surface area contributed by atoms with Gasteiger partial charge < -0.3 is 19.3 Å². The molecule has 0 aliphatic carbocycles. The van der Waals surface area contributed by atoms with Gasteiger partial charge in [0.05, 0.1) is 26.4 Å². The molecule has 0 unspecified atom stereocenters. The van der Waals surface area contributed by atoms with E-state index in [1.807, 2.05) is 0 Å². The SMILES string of the molecule is CC(C)=C(N1CCOCC1)N1CCOCC1. The molecule has 4 heteroatoms. The molecule has 16 heavy (non-hydrogen) atoms. The molecular formula is C12H22N2O2. The average molecular weight is 226 g/mol. The summed E-state index contributed by atoms with van der Waals surface area (Å²) in [4.78, 5) is 4.90. The zero-order valence-electron chi connectivity index (χ0n) is 10.4. The Morgan fingerprint density at radius 3 is 1.44 bits per heavy atom. The highest BCUT2D eigenvalue weighted by Crippen LogP contribution is 2.18. The average Bonchev–Trinajstić information content (AvgIpc) is 2.31. The summed E-state index contributed by atoms with van der Waals surface area (Å²) in [6.45, 7) is 11.8. The van der Waals surface area contributed by atoms with Gasteiger partial charge in [0.2, 0.25) is 0 Å². The number of allylic oxidation sites excluding steroid dienone is 1. The van der Waals surface area contributed by atoms with Crippen LogP contribution in [0.1, 0.15) is 13.8 Å². The first-order chi connectivity index (χ1) is 7.79. The van der Waals surface area contributed by atoms with Crippen LogP contribution >= 0.6 is 0 Å². The molecule has 2 heterocycles. The fourth-order valence-electron chi connectivity index (χ4n) is 2.38. The van der Waals surface area contributed by atoms with Gasteiger partial charge in [-0.2, -0.15) is 0 Å². The van der Waals surface area contributed by atoms with Crippen molar-refractivity contribution in [1.29, 1.82) is 0 Å². The van der Waals surface area contributed by atoms with Crippen molar-refractivity contribution in [2.75, 3.05) is 52.6 Å². The smallest absolute Gasteiger partial charge is 0.103 e. The van der Waals surface area contributed by atoms with E-state index in [1.54, 1.807) is 0 Å². The molecule has 0 amide bonds. The van der Waals surface area contributed by atoms with Crippen LogP contribution in [-0.4, -0.2) is 62.4 Å². The summed E-state index contributed by atoms with van der Waals surface area (Å²) in [5.74, 6) is 1.40. The second-order valence-corrected chi connectivity index (χ2v) is 4.52. The summed E-state index contributed by atoms with van der Waals surface area (Å²) < 4.78 is 10.8. The fourth-order valence-corrected chi connectivity index (χ4v) is 2.38. The molecule has 0 N–H and O–H groups in total. The lowest BCUT2D eigenvalue weighted by atomic mass is 10.2. The van der Waals surface area contributed by atoms with Crippen molar-refractivity contribution < 1.29 is 9.47 Å². The molecule has 2 fully saturated rings. The summed E-state index contributed by atoms with van der Waals surface area (Å²) in [7, 11) is 0. The number of morpholine rings is 2. The van der Waals surface area contributed by atoms with Crippen LogP contribution in [0.2, 0.25) is 0 Å². The number of rotatable bonds is 2. The molecule has 2 rings (SSSR count). The van der Waals surface area contributed by atoms with Gasteiger partial charge in [0, 0.05) is 26.2 Å². The maximum atomic E-state index is 5.41. The van der Waals surface area contributed by atoms with Gasteiger partial charge >= 0.3 is 0 Å². The predicted octanol–water partition coefficient (Wildman–Crippen LogP) is 0.902. The zero-order valence-corrected chi connectivity index (χ0v) is 10.4. The van der Waals surface area contributed by atoms with E-state index in [4.69, 9.17) is 9.47 Å². The monoisotopic (exact) mass is 226 g/mol. The summed E-state index contributed by atoms with van der Waals surface area (Å²) in [6, 6.07) is 0. The molecular weight excluding hydrogens is 204 g/mol. The number of hydrogen-bond donors (Lipinski definition) is 0. The second kappa shape index (κ2) is 5.55. The van der Waals surface area contributed by atoms with E-state index in [0.717, 1.165) is 52.6 Å². The van der Waals surface area contributed by atoms with Crippen LogP contribution < -0.4 is 0 Å². The Labute approximate surface area is 97.8 Å². The lowest BCUT2D eigenvalue weighted by Gasteiger charge is -2.40. The molecule has 4 nitrogen and oxygen atoms in total. The minimum absolute atomic E-state index is 0.848. The highest BCUT2D eigenvalue weighted by atomic mass is 16.5.